The third-order valence-corrected chi connectivity index (χ3v) is 5.64. The molecule has 7 nitrogen and oxygen atoms in total. The first-order valence-corrected chi connectivity index (χ1v) is 9.30. The number of hydrogen-bond donors (Lipinski definition) is 1. The van der Waals surface area contributed by atoms with Crippen molar-refractivity contribution in [3.8, 4) is 5.75 Å². The standard InChI is InChI=1S/C18H19FN2O5S/c1-13(19)10-17(18(22)23)21(12-14-4-3-9-20-11-14)27(24,25)16-7-5-15(26-2)6-8-16/h3-9,11,17H,1,10,12H2,2H3,(H,22,23). The van der Waals surface area contributed by atoms with Crippen LogP contribution in [0.25, 0.3) is 0 Å². The van der Waals surface area contributed by atoms with Crippen molar-refractivity contribution in [1.82, 2.24) is 9.29 Å². The van der Waals surface area contributed by atoms with Crippen LogP contribution in [0.3, 0.4) is 0 Å². The van der Waals surface area contributed by atoms with Crippen molar-refractivity contribution in [2.75, 3.05) is 7.11 Å². The second-order valence-electron chi connectivity index (χ2n) is 5.66. The zero-order valence-electron chi connectivity index (χ0n) is 14.6. The summed E-state index contributed by atoms with van der Waals surface area (Å²) in [6.07, 6.45) is 2.26. The first kappa shape index (κ1) is 20.5. The summed E-state index contributed by atoms with van der Waals surface area (Å²) in [5.74, 6) is -1.96. The lowest BCUT2D eigenvalue weighted by Crippen LogP contribution is -2.44. The van der Waals surface area contributed by atoms with Crippen LogP contribution < -0.4 is 4.74 Å². The van der Waals surface area contributed by atoms with Crippen LogP contribution in [0.1, 0.15) is 12.0 Å². The Kier molecular flexibility index (Phi) is 6.65. The summed E-state index contributed by atoms with van der Waals surface area (Å²) in [6.45, 7) is 2.78. The van der Waals surface area contributed by atoms with E-state index in [-0.39, 0.29) is 11.4 Å². The van der Waals surface area contributed by atoms with Crippen molar-refractivity contribution < 1.29 is 27.4 Å². The summed E-state index contributed by atoms with van der Waals surface area (Å²) in [4.78, 5) is 15.5. The molecule has 2 rings (SSSR count). The number of pyridine rings is 1. The molecule has 9 heteroatoms. The molecule has 0 aliphatic rings. The molecule has 1 N–H and O–H groups in total. The number of benzene rings is 1. The van der Waals surface area contributed by atoms with Crippen LogP contribution in [-0.4, -0.2) is 41.9 Å². The smallest absolute Gasteiger partial charge is 0.322 e. The molecule has 0 radical (unpaired) electrons. The molecule has 0 fully saturated rings. The van der Waals surface area contributed by atoms with E-state index >= 15 is 0 Å². The van der Waals surface area contributed by atoms with E-state index in [1.54, 1.807) is 12.1 Å². The molecule has 0 saturated heterocycles. The second-order valence-corrected chi connectivity index (χ2v) is 7.55. The highest BCUT2D eigenvalue weighted by Crippen LogP contribution is 2.26. The molecular weight excluding hydrogens is 375 g/mol. The summed E-state index contributed by atoms with van der Waals surface area (Å²) in [6, 6.07) is 7.03. The normalized spacial score (nSPS) is 12.6. The Morgan fingerprint density at radius 2 is 2.00 bits per heavy atom. The quantitative estimate of drug-likeness (QED) is 0.702. The van der Waals surface area contributed by atoms with Crippen LogP contribution in [0, 0.1) is 0 Å². The van der Waals surface area contributed by atoms with Crippen LogP contribution in [0.4, 0.5) is 4.39 Å². The maximum Gasteiger partial charge on any atom is 0.322 e. The van der Waals surface area contributed by atoms with Gasteiger partial charge in [0.1, 0.15) is 11.8 Å². The molecule has 144 valence electrons. The number of methoxy groups -OCH3 is 1. The van der Waals surface area contributed by atoms with Gasteiger partial charge in [-0.25, -0.2) is 12.8 Å². The highest BCUT2D eigenvalue weighted by atomic mass is 32.2. The fourth-order valence-corrected chi connectivity index (χ4v) is 4.01. The number of nitrogens with zero attached hydrogens (tertiary/aromatic N) is 2. The summed E-state index contributed by atoms with van der Waals surface area (Å²) in [7, 11) is -2.82. The van der Waals surface area contributed by atoms with E-state index in [4.69, 9.17) is 4.74 Å². The number of rotatable bonds is 9. The molecular formula is C18H19FN2O5S. The second kappa shape index (κ2) is 8.74. The Morgan fingerprint density at radius 3 is 2.48 bits per heavy atom. The van der Waals surface area contributed by atoms with Gasteiger partial charge in [0.25, 0.3) is 0 Å². The Morgan fingerprint density at radius 1 is 1.33 bits per heavy atom. The molecule has 1 aromatic heterocycles. The molecule has 0 spiro atoms. The van der Waals surface area contributed by atoms with Crippen LogP contribution in [-0.2, 0) is 21.4 Å². The first-order chi connectivity index (χ1) is 12.8. The highest BCUT2D eigenvalue weighted by Gasteiger charge is 2.36. The van der Waals surface area contributed by atoms with Crippen molar-refractivity contribution in [3.63, 3.8) is 0 Å². The SMILES string of the molecule is C=C(F)CC(C(=O)O)N(Cc1cccnc1)S(=O)(=O)c1ccc(OC)cc1. The first-order valence-electron chi connectivity index (χ1n) is 7.86. The zero-order chi connectivity index (χ0) is 20.0. The number of aliphatic carboxylic acids is 1. The minimum Gasteiger partial charge on any atom is -0.497 e. The number of sulfonamides is 1. The number of carbonyl (C=O) groups is 1. The molecule has 1 aromatic carbocycles. The average Bonchev–Trinajstić information content (AvgIpc) is 2.65. The predicted octanol–water partition coefficient (Wildman–Crippen LogP) is 2.61. The molecule has 0 saturated carbocycles. The Balaban J connectivity index is 2.51. The third-order valence-electron chi connectivity index (χ3n) is 3.77. The molecule has 1 atom stereocenters. The minimum absolute atomic E-state index is 0.136. The van der Waals surface area contributed by atoms with Crippen LogP contribution in [0.15, 0.2) is 66.1 Å². The van der Waals surface area contributed by atoms with Gasteiger partial charge >= 0.3 is 5.97 Å². The van der Waals surface area contributed by atoms with Gasteiger partial charge in [-0.2, -0.15) is 4.31 Å². The zero-order valence-corrected chi connectivity index (χ0v) is 15.4. The minimum atomic E-state index is -4.25. The van der Waals surface area contributed by atoms with Gasteiger partial charge in [-0.3, -0.25) is 9.78 Å². The summed E-state index contributed by atoms with van der Waals surface area (Å²) < 4.78 is 45.4. The van der Waals surface area contributed by atoms with Gasteiger partial charge in [-0.1, -0.05) is 12.6 Å². The van der Waals surface area contributed by atoms with E-state index in [0.717, 1.165) is 4.31 Å². The van der Waals surface area contributed by atoms with E-state index in [1.165, 1.54) is 43.8 Å². The van der Waals surface area contributed by atoms with Gasteiger partial charge in [0.15, 0.2) is 0 Å². The maximum absolute atomic E-state index is 13.4. The number of halogens is 1. The van der Waals surface area contributed by atoms with Crippen LogP contribution in [0.5, 0.6) is 5.75 Å². The Bertz CT molecular complexity index is 901. The summed E-state index contributed by atoms with van der Waals surface area (Å²) >= 11 is 0. The van der Waals surface area contributed by atoms with Crippen molar-refractivity contribution in [3.05, 3.63) is 66.8 Å². The number of ether oxygens (including phenoxy) is 1. The molecule has 0 amide bonds. The molecule has 27 heavy (non-hydrogen) atoms. The fraction of sp³-hybridized carbons (Fsp3) is 0.222. The summed E-state index contributed by atoms with van der Waals surface area (Å²) in [5.41, 5.74) is 0.463. The molecule has 0 aliphatic heterocycles. The number of hydrogen-bond acceptors (Lipinski definition) is 5. The Hall–Kier alpha value is -2.78. The van der Waals surface area contributed by atoms with E-state index < -0.39 is 34.3 Å². The summed E-state index contributed by atoms with van der Waals surface area (Å²) in [5, 5.41) is 9.51. The number of carboxylic acid groups (broad SMARTS) is 1. The van der Waals surface area contributed by atoms with Crippen molar-refractivity contribution in [2.24, 2.45) is 0 Å². The fourth-order valence-electron chi connectivity index (χ4n) is 2.44. The lowest BCUT2D eigenvalue weighted by molar-refractivity contribution is -0.141. The largest absolute Gasteiger partial charge is 0.497 e. The topological polar surface area (TPSA) is 96.8 Å². The van der Waals surface area contributed by atoms with E-state index in [0.29, 0.717) is 11.3 Å². The van der Waals surface area contributed by atoms with Gasteiger partial charge in [-0.15, -0.1) is 0 Å². The van der Waals surface area contributed by atoms with Gasteiger partial charge < -0.3 is 9.84 Å². The van der Waals surface area contributed by atoms with Crippen molar-refractivity contribution in [2.45, 2.75) is 23.9 Å². The van der Waals surface area contributed by atoms with E-state index in [1.807, 2.05) is 0 Å². The molecule has 2 aromatic rings. The van der Waals surface area contributed by atoms with Crippen molar-refractivity contribution >= 4 is 16.0 Å². The van der Waals surface area contributed by atoms with Crippen LogP contribution >= 0.6 is 0 Å². The molecule has 0 aliphatic carbocycles. The van der Waals surface area contributed by atoms with Gasteiger partial charge in [0, 0.05) is 25.4 Å². The lowest BCUT2D eigenvalue weighted by atomic mass is 10.2. The lowest BCUT2D eigenvalue weighted by Gasteiger charge is -2.28. The van der Waals surface area contributed by atoms with Gasteiger partial charge in [-0.05, 0) is 35.9 Å². The van der Waals surface area contributed by atoms with Crippen molar-refractivity contribution in [1.29, 1.82) is 0 Å². The maximum atomic E-state index is 13.4. The third kappa shape index (κ3) is 5.11. The van der Waals surface area contributed by atoms with Gasteiger partial charge in [0.2, 0.25) is 10.0 Å². The predicted molar refractivity (Wildman–Crippen MR) is 96.2 cm³/mol. The molecule has 0 bridgehead atoms. The Labute approximate surface area is 156 Å². The van der Waals surface area contributed by atoms with E-state index in [2.05, 4.69) is 11.6 Å². The van der Waals surface area contributed by atoms with Gasteiger partial charge in [0.05, 0.1) is 17.8 Å². The molecule has 1 heterocycles. The highest BCUT2D eigenvalue weighted by molar-refractivity contribution is 7.89. The van der Waals surface area contributed by atoms with E-state index in [9.17, 15) is 22.7 Å². The number of aromatic nitrogens is 1. The monoisotopic (exact) mass is 394 g/mol. The van der Waals surface area contributed by atoms with Crippen LogP contribution in [0.2, 0.25) is 0 Å². The molecule has 1 unspecified atom stereocenters. The number of carboxylic acids is 1. The average molecular weight is 394 g/mol.